The van der Waals surface area contributed by atoms with E-state index in [0.29, 0.717) is 5.69 Å². The minimum absolute atomic E-state index is 0.295. The smallest absolute Gasteiger partial charge is 0.352 e. The first-order valence-corrected chi connectivity index (χ1v) is 7.69. The highest BCUT2D eigenvalue weighted by molar-refractivity contribution is 14.1. The lowest BCUT2D eigenvalue weighted by Crippen LogP contribution is -2.17. The van der Waals surface area contributed by atoms with E-state index >= 15 is 0 Å². The minimum Gasteiger partial charge on any atom is -0.477 e. The van der Waals surface area contributed by atoms with Crippen LogP contribution in [0.15, 0.2) is 36.5 Å². The number of benzene rings is 1. The third-order valence-corrected chi connectivity index (χ3v) is 4.19. The molecule has 0 atom stereocenters. The van der Waals surface area contributed by atoms with Gasteiger partial charge >= 0.3 is 5.97 Å². The van der Waals surface area contributed by atoms with Gasteiger partial charge < -0.3 is 14.6 Å². The van der Waals surface area contributed by atoms with Crippen LogP contribution < -0.4 is 4.90 Å². The van der Waals surface area contributed by atoms with E-state index < -0.39 is 5.97 Å². The second-order valence-electron chi connectivity index (χ2n) is 4.93. The van der Waals surface area contributed by atoms with E-state index in [9.17, 15) is 9.90 Å². The molecule has 0 radical (unpaired) electrons. The van der Waals surface area contributed by atoms with E-state index in [4.69, 9.17) is 0 Å². The number of carboxylic acid groups (broad SMARTS) is 1. The highest BCUT2D eigenvalue weighted by Crippen LogP contribution is 2.23. The average Bonchev–Trinajstić information content (AvgIpc) is 3.08. The van der Waals surface area contributed by atoms with Crippen molar-refractivity contribution in [1.29, 1.82) is 0 Å². The first kappa shape index (κ1) is 13.5. The van der Waals surface area contributed by atoms with Crippen molar-refractivity contribution in [3.63, 3.8) is 0 Å². The van der Waals surface area contributed by atoms with Crippen LogP contribution in [0.1, 0.15) is 23.3 Å². The molecule has 1 fully saturated rings. The Balaban J connectivity index is 1.93. The molecule has 20 heavy (non-hydrogen) atoms. The first-order chi connectivity index (χ1) is 9.65. The molecule has 0 spiro atoms. The maximum atomic E-state index is 11.3. The van der Waals surface area contributed by atoms with Crippen molar-refractivity contribution in [1.82, 2.24) is 4.57 Å². The molecule has 0 unspecified atom stereocenters. The third-order valence-electron chi connectivity index (χ3n) is 3.60. The monoisotopic (exact) mass is 382 g/mol. The van der Waals surface area contributed by atoms with E-state index in [-0.39, 0.29) is 0 Å². The van der Waals surface area contributed by atoms with Crippen molar-refractivity contribution in [2.45, 2.75) is 12.8 Å². The number of hydrogen-bond acceptors (Lipinski definition) is 2. The van der Waals surface area contributed by atoms with Crippen LogP contribution in [0.3, 0.4) is 0 Å². The van der Waals surface area contributed by atoms with Crippen LogP contribution in [0.25, 0.3) is 5.69 Å². The Hall–Kier alpha value is -1.50. The van der Waals surface area contributed by atoms with Gasteiger partial charge in [-0.15, -0.1) is 0 Å². The Morgan fingerprint density at radius 1 is 1.10 bits per heavy atom. The summed E-state index contributed by atoms with van der Waals surface area (Å²) in [6.07, 6.45) is 4.34. The van der Waals surface area contributed by atoms with Gasteiger partial charge in [-0.2, -0.15) is 0 Å². The number of nitrogens with zero attached hydrogens (tertiary/aromatic N) is 2. The molecule has 1 aromatic heterocycles. The Morgan fingerprint density at radius 3 is 2.30 bits per heavy atom. The normalized spacial score (nSPS) is 14.8. The van der Waals surface area contributed by atoms with Crippen LogP contribution in [0, 0.1) is 3.57 Å². The van der Waals surface area contributed by atoms with Crippen LogP contribution in [0.5, 0.6) is 0 Å². The maximum absolute atomic E-state index is 11.3. The number of carbonyl (C=O) groups is 1. The van der Waals surface area contributed by atoms with E-state index in [1.807, 2.05) is 18.3 Å². The summed E-state index contributed by atoms with van der Waals surface area (Å²) in [5.74, 6) is -0.906. The zero-order valence-electron chi connectivity index (χ0n) is 10.9. The van der Waals surface area contributed by atoms with Gasteiger partial charge in [-0.25, -0.2) is 4.79 Å². The van der Waals surface area contributed by atoms with Crippen LogP contribution in [0.4, 0.5) is 5.69 Å². The predicted octanol–water partition coefficient (Wildman–Crippen LogP) is 3.38. The largest absolute Gasteiger partial charge is 0.477 e. The van der Waals surface area contributed by atoms with Gasteiger partial charge in [0, 0.05) is 34.2 Å². The van der Waals surface area contributed by atoms with Gasteiger partial charge in [0.1, 0.15) is 5.69 Å². The molecule has 1 aromatic carbocycles. The number of rotatable bonds is 3. The van der Waals surface area contributed by atoms with Crippen LogP contribution in [0.2, 0.25) is 0 Å². The molecule has 1 saturated heterocycles. The molecule has 2 heterocycles. The summed E-state index contributed by atoms with van der Waals surface area (Å²) in [5.41, 5.74) is 2.39. The fourth-order valence-corrected chi connectivity index (χ4v) is 3.18. The van der Waals surface area contributed by atoms with Gasteiger partial charge in [0.05, 0.1) is 0 Å². The highest BCUT2D eigenvalue weighted by Gasteiger charge is 2.15. The van der Waals surface area contributed by atoms with E-state index in [1.54, 1.807) is 10.6 Å². The number of aromatic nitrogens is 1. The molecule has 0 aliphatic carbocycles. The lowest BCUT2D eigenvalue weighted by molar-refractivity contribution is 0.0688. The Labute approximate surface area is 131 Å². The van der Waals surface area contributed by atoms with Crippen molar-refractivity contribution in [3.8, 4) is 5.69 Å². The molecule has 1 aliphatic heterocycles. The number of carboxylic acids is 1. The fraction of sp³-hybridized carbons (Fsp3) is 0.267. The molecule has 0 bridgehead atoms. The molecule has 0 amide bonds. The standard InChI is InChI=1S/C15H15IN2O2/c16-11-9-14(15(19)20)18(10-11)13-5-3-12(4-6-13)17-7-1-2-8-17/h3-6,9-10H,1-2,7-8H2,(H,19,20). The third kappa shape index (κ3) is 2.54. The molecule has 1 aliphatic rings. The molecular weight excluding hydrogens is 367 g/mol. The molecule has 5 heteroatoms. The molecular formula is C15H15IN2O2. The molecule has 104 valence electrons. The SMILES string of the molecule is O=C(O)c1cc(I)cn1-c1ccc(N2CCCC2)cc1. The van der Waals surface area contributed by atoms with Gasteiger partial charge in [-0.3, -0.25) is 0 Å². The van der Waals surface area contributed by atoms with Crippen molar-refractivity contribution < 1.29 is 9.90 Å². The number of hydrogen-bond donors (Lipinski definition) is 1. The summed E-state index contributed by atoms with van der Waals surface area (Å²) in [6, 6.07) is 9.78. The van der Waals surface area contributed by atoms with Gasteiger partial charge in [0.25, 0.3) is 0 Å². The quantitative estimate of drug-likeness (QED) is 0.828. The summed E-state index contributed by atoms with van der Waals surface area (Å²) in [7, 11) is 0. The molecule has 1 N–H and O–H groups in total. The maximum Gasteiger partial charge on any atom is 0.352 e. The summed E-state index contributed by atoms with van der Waals surface area (Å²) < 4.78 is 2.64. The van der Waals surface area contributed by atoms with Crippen LogP contribution in [-0.4, -0.2) is 28.7 Å². The summed E-state index contributed by atoms with van der Waals surface area (Å²) >= 11 is 2.13. The van der Waals surface area contributed by atoms with E-state index in [1.165, 1.54) is 18.5 Å². The Bertz CT molecular complexity index is 628. The van der Waals surface area contributed by atoms with Crippen molar-refractivity contribution in [3.05, 3.63) is 45.8 Å². The zero-order valence-corrected chi connectivity index (χ0v) is 13.1. The zero-order chi connectivity index (χ0) is 14.1. The summed E-state index contributed by atoms with van der Waals surface area (Å²) in [6.45, 7) is 2.22. The summed E-state index contributed by atoms with van der Waals surface area (Å²) in [4.78, 5) is 13.6. The van der Waals surface area contributed by atoms with Crippen LogP contribution in [-0.2, 0) is 0 Å². The van der Waals surface area contributed by atoms with Gasteiger partial charge in [0.2, 0.25) is 0 Å². The molecule has 2 aromatic rings. The molecule has 3 rings (SSSR count). The van der Waals surface area contributed by atoms with Gasteiger partial charge in [-0.05, 0) is 65.8 Å². The number of anilines is 1. The fourth-order valence-electron chi connectivity index (χ4n) is 2.61. The van der Waals surface area contributed by atoms with Gasteiger partial charge in [0.15, 0.2) is 0 Å². The predicted molar refractivity (Wildman–Crippen MR) is 86.9 cm³/mol. The van der Waals surface area contributed by atoms with Crippen molar-refractivity contribution in [2.75, 3.05) is 18.0 Å². The Kier molecular flexibility index (Phi) is 3.69. The first-order valence-electron chi connectivity index (χ1n) is 6.62. The van der Waals surface area contributed by atoms with E-state index in [2.05, 4.69) is 39.6 Å². The average molecular weight is 382 g/mol. The minimum atomic E-state index is -0.906. The highest BCUT2D eigenvalue weighted by atomic mass is 127. The van der Waals surface area contributed by atoms with E-state index in [0.717, 1.165) is 22.3 Å². The summed E-state index contributed by atoms with van der Waals surface area (Å²) in [5, 5.41) is 9.24. The number of halogens is 1. The number of aromatic carboxylic acids is 1. The topological polar surface area (TPSA) is 45.5 Å². The van der Waals surface area contributed by atoms with Crippen molar-refractivity contribution >= 4 is 34.2 Å². The van der Waals surface area contributed by atoms with Gasteiger partial charge in [-0.1, -0.05) is 0 Å². The van der Waals surface area contributed by atoms with Crippen LogP contribution >= 0.6 is 22.6 Å². The molecule has 0 saturated carbocycles. The Morgan fingerprint density at radius 2 is 1.70 bits per heavy atom. The second kappa shape index (κ2) is 5.47. The second-order valence-corrected chi connectivity index (χ2v) is 6.17. The molecule has 4 nitrogen and oxygen atoms in total. The lowest BCUT2D eigenvalue weighted by Gasteiger charge is -2.18. The van der Waals surface area contributed by atoms with Crippen molar-refractivity contribution in [2.24, 2.45) is 0 Å². The lowest BCUT2D eigenvalue weighted by atomic mass is 10.2.